The zero-order valence-electron chi connectivity index (χ0n) is 31.5. The van der Waals surface area contributed by atoms with Crippen LogP contribution in [0.25, 0.3) is 39.4 Å². The quantitative estimate of drug-likeness (QED) is 0.0730. The van der Waals surface area contributed by atoms with Crippen molar-refractivity contribution in [2.75, 3.05) is 0 Å². The summed E-state index contributed by atoms with van der Waals surface area (Å²) < 4.78 is 192. The SMILES string of the molecule is Fc1c(F)c(F)c(C2=CC(c3ccccc3)=C3CCCC(/C=C/C=C4\CCCc5c(-c6ccccc6)cc(-c6c(F)c(F)c(F)c(F)c6F)[o+]c54)=C3O2)c(F)c1F.[O-][Cl+3]([O-])([O-])[O-]. The van der Waals surface area contributed by atoms with Crippen molar-refractivity contribution in [1.82, 2.24) is 0 Å². The Hall–Kier alpha value is -6.04. The third-order valence-corrected chi connectivity index (χ3v) is 10.2. The van der Waals surface area contributed by atoms with Crippen molar-refractivity contribution in [3.8, 4) is 22.5 Å². The van der Waals surface area contributed by atoms with Gasteiger partial charge < -0.3 is 4.74 Å². The van der Waals surface area contributed by atoms with E-state index in [4.69, 9.17) is 27.8 Å². The Balaban J connectivity index is 0.00000109. The molecule has 1 aliphatic heterocycles. The van der Waals surface area contributed by atoms with Gasteiger partial charge in [-0.05, 0) is 73.0 Å². The number of rotatable bonds is 6. The molecule has 2 heterocycles. The van der Waals surface area contributed by atoms with Crippen molar-refractivity contribution in [1.29, 1.82) is 0 Å². The van der Waals surface area contributed by atoms with Gasteiger partial charge in [0.25, 0.3) is 0 Å². The zero-order chi connectivity index (χ0) is 44.6. The van der Waals surface area contributed by atoms with E-state index in [-0.39, 0.29) is 11.5 Å². The number of halogens is 11. The molecule has 2 aliphatic carbocycles. The van der Waals surface area contributed by atoms with Gasteiger partial charge in [-0.2, -0.15) is 0 Å². The summed E-state index contributed by atoms with van der Waals surface area (Å²) in [6.07, 6.45) is 9.16. The lowest BCUT2D eigenvalue weighted by atomic mass is 9.85. The van der Waals surface area contributed by atoms with E-state index < -0.39 is 91.1 Å². The highest BCUT2D eigenvalue weighted by Gasteiger charge is 2.38. The molecule has 6 nitrogen and oxygen atoms in total. The van der Waals surface area contributed by atoms with Crippen molar-refractivity contribution in [3.63, 3.8) is 0 Å². The third-order valence-electron chi connectivity index (χ3n) is 10.2. The van der Waals surface area contributed by atoms with E-state index in [0.29, 0.717) is 83.1 Å². The maximum absolute atomic E-state index is 15.1. The monoisotopic (exact) mass is 888 g/mol. The normalized spacial score (nSPS) is 15.9. The summed E-state index contributed by atoms with van der Waals surface area (Å²) in [5, 5.41) is 0. The minimum atomic E-state index is -4.94. The fraction of sp³-hybridized carbons (Fsp3) is 0.133. The predicted molar refractivity (Wildman–Crippen MR) is 193 cm³/mol. The first-order chi connectivity index (χ1) is 29.5. The lowest BCUT2D eigenvalue weighted by Crippen LogP contribution is -2.68. The molecule has 0 amide bonds. The van der Waals surface area contributed by atoms with E-state index in [1.807, 2.05) is 0 Å². The minimum Gasteiger partial charge on any atom is -0.456 e. The number of ether oxygens (including phenoxy) is 1. The molecule has 4 aromatic carbocycles. The van der Waals surface area contributed by atoms with Gasteiger partial charge >= 0.3 is 11.5 Å². The van der Waals surface area contributed by atoms with Crippen molar-refractivity contribution < 1.29 is 81.9 Å². The Morgan fingerprint density at radius 1 is 0.581 bits per heavy atom. The smallest absolute Gasteiger partial charge is 0.367 e. The molecule has 0 atom stereocenters. The van der Waals surface area contributed by atoms with Crippen LogP contribution in [0.15, 0.2) is 112 Å². The zero-order valence-corrected chi connectivity index (χ0v) is 32.3. The van der Waals surface area contributed by atoms with Gasteiger partial charge in [0.1, 0.15) is 11.5 Å². The molecule has 0 N–H and O–H groups in total. The summed E-state index contributed by atoms with van der Waals surface area (Å²) in [6.45, 7) is 0. The fourth-order valence-corrected chi connectivity index (χ4v) is 7.47. The average molecular weight is 889 g/mol. The molecule has 320 valence electrons. The first-order valence-corrected chi connectivity index (χ1v) is 19.7. The van der Waals surface area contributed by atoms with Crippen LogP contribution >= 0.6 is 0 Å². The largest absolute Gasteiger partial charge is 0.456 e. The summed E-state index contributed by atoms with van der Waals surface area (Å²) >= 11 is 0. The molecule has 5 aromatic rings. The van der Waals surface area contributed by atoms with Crippen LogP contribution in [-0.2, 0) is 11.2 Å². The molecule has 17 heteroatoms. The average Bonchev–Trinajstić information content (AvgIpc) is 3.26. The Labute approximate surface area is 347 Å². The molecule has 1 aromatic heterocycles. The standard InChI is InChI=1S/C45H27F10O2.ClHO4/c46-34-32(35(47)39(51)42(54)38(34)50)30-20-28(22-10-3-1-4-11-22)26-18-8-16-24(44(26)56-30)14-7-15-25-17-9-19-27-29(23-12-5-2-6-13-23)21-31(57-45(25)27)33-36(48)40(52)43(55)41(53)37(33)49;2-1(3,4)5/h1-7,10-15,20-21H,8-9,16-19H2;(H,2,3,4,5)/q+1;/p-1. The molecular formula is C45H27ClF10O6. The summed E-state index contributed by atoms with van der Waals surface area (Å²) in [4.78, 5) is 0. The van der Waals surface area contributed by atoms with Crippen LogP contribution in [0.3, 0.4) is 0 Å². The van der Waals surface area contributed by atoms with Gasteiger partial charge in [0.05, 0.1) is 22.8 Å². The lowest BCUT2D eigenvalue weighted by molar-refractivity contribution is -2.00. The highest BCUT2D eigenvalue weighted by Crippen LogP contribution is 2.46. The number of fused-ring (bicyclic) bond motifs is 2. The topological polar surface area (TPSA) is 113 Å². The lowest BCUT2D eigenvalue weighted by Gasteiger charge is -2.29. The number of hydrogen-bond donors (Lipinski definition) is 0. The van der Waals surface area contributed by atoms with Gasteiger partial charge in [0.2, 0.25) is 11.6 Å². The van der Waals surface area contributed by atoms with Crippen molar-refractivity contribution >= 4 is 16.9 Å². The molecule has 0 saturated heterocycles. The van der Waals surface area contributed by atoms with Crippen molar-refractivity contribution in [2.45, 2.75) is 38.5 Å². The van der Waals surface area contributed by atoms with Gasteiger partial charge in [-0.15, -0.1) is 10.2 Å². The van der Waals surface area contributed by atoms with Gasteiger partial charge in [0.15, 0.2) is 52.1 Å². The summed E-state index contributed by atoms with van der Waals surface area (Å²) in [6, 6.07) is 18.7. The van der Waals surface area contributed by atoms with Crippen LogP contribution in [0.1, 0.15) is 54.6 Å². The van der Waals surface area contributed by atoms with Crippen LogP contribution < -0.4 is 18.6 Å². The Kier molecular flexibility index (Phi) is 12.6. The molecule has 0 saturated carbocycles. The Morgan fingerprint density at radius 2 is 1.08 bits per heavy atom. The summed E-state index contributed by atoms with van der Waals surface area (Å²) in [5.41, 5.74) is 2.07. The molecule has 62 heavy (non-hydrogen) atoms. The second kappa shape index (κ2) is 17.7. The van der Waals surface area contributed by atoms with Crippen molar-refractivity contribution in [2.24, 2.45) is 0 Å². The first kappa shape index (κ1) is 44.0. The summed E-state index contributed by atoms with van der Waals surface area (Å²) in [5.74, 6) is -22.1. The molecule has 0 spiro atoms. The number of benzene rings is 4. The highest BCUT2D eigenvalue weighted by atomic mass is 35.7. The molecule has 0 radical (unpaired) electrons. The second-order valence-corrected chi connectivity index (χ2v) is 14.7. The van der Waals surface area contributed by atoms with E-state index in [0.717, 1.165) is 0 Å². The molecule has 3 aliphatic rings. The third kappa shape index (κ3) is 8.69. The maximum atomic E-state index is 15.1. The van der Waals surface area contributed by atoms with Crippen LogP contribution in [0.2, 0.25) is 0 Å². The van der Waals surface area contributed by atoms with E-state index in [9.17, 15) is 26.3 Å². The van der Waals surface area contributed by atoms with E-state index in [1.54, 1.807) is 78.9 Å². The van der Waals surface area contributed by atoms with Gasteiger partial charge in [-0.25, -0.2) is 67.0 Å². The first-order valence-electron chi connectivity index (χ1n) is 18.5. The molecule has 0 unspecified atom stereocenters. The Bertz CT molecular complexity index is 2700. The van der Waals surface area contributed by atoms with E-state index in [2.05, 4.69) is 0 Å². The van der Waals surface area contributed by atoms with Crippen molar-refractivity contribution in [3.05, 3.63) is 189 Å². The number of allylic oxidation sites excluding steroid dienone is 8. The van der Waals surface area contributed by atoms with E-state index >= 15 is 17.6 Å². The van der Waals surface area contributed by atoms with Gasteiger partial charge in [-0.3, -0.25) is 0 Å². The van der Waals surface area contributed by atoms with Gasteiger partial charge in [-0.1, -0.05) is 72.8 Å². The van der Waals surface area contributed by atoms with Crippen LogP contribution in [0.4, 0.5) is 43.9 Å². The summed E-state index contributed by atoms with van der Waals surface area (Å²) in [7, 11) is -4.94. The number of hydrogen-bond acceptors (Lipinski definition) is 5. The van der Waals surface area contributed by atoms with E-state index in [1.165, 1.54) is 12.1 Å². The van der Waals surface area contributed by atoms with Crippen LogP contribution in [0, 0.1) is 68.4 Å². The molecule has 0 bridgehead atoms. The molecule has 8 rings (SSSR count). The molecular weight excluding hydrogens is 862 g/mol. The highest BCUT2D eigenvalue weighted by molar-refractivity contribution is 5.89. The maximum Gasteiger partial charge on any atom is 0.367 e. The second-order valence-electron chi connectivity index (χ2n) is 13.9. The predicted octanol–water partition coefficient (Wildman–Crippen LogP) is 8.77. The van der Waals surface area contributed by atoms with Gasteiger partial charge in [0, 0.05) is 11.1 Å². The fourth-order valence-electron chi connectivity index (χ4n) is 7.47. The molecule has 0 fully saturated rings. The minimum absolute atomic E-state index is 0.171. The van der Waals surface area contributed by atoms with Crippen LogP contribution in [-0.4, -0.2) is 0 Å². The Morgan fingerprint density at radius 3 is 1.65 bits per heavy atom. The van der Waals surface area contributed by atoms with Crippen LogP contribution in [0.5, 0.6) is 0 Å².